The fraction of sp³-hybridized carbons (Fsp3) is 0.389. The summed E-state index contributed by atoms with van der Waals surface area (Å²) in [5, 5.41) is 5.86. The summed E-state index contributed by atoms with van der Waals surface area (Å²) in [6, 6.07) is 4.07. The molecule has 1 aromatic heterocycles. The lowest BCUT2D eigenvalue weighted by molar-refractivity contribution is -0.137. The Hall–Kier alpha value is -2.62. The summed E-state index contributed by atoms with van der Waals surface area (Å²) >= 11 is 1.33. The summed E-state index contributed by atoms with van der Waals surface area (Å²) in [5.74, 6) is 0.0564. The molecule has 1 fully saturated rings. The molecule has 0 atom stereocenters. The number of fused-ring (bicyclic) bond motifs is 1. The van der Waals surface area contributed by atoms with Gasteiger partial charge in [-0.1, -0.05) is 17.4 Å². The third-order valence-electron chi connectivity index (χ3n) is 4.64. The van der Waals surface area contributed by atoms with Crippen LogP contribution in [-0.2, 0) is 23.9 Å². The lowest BCUT2D eigenvalue weighted by Gasteiger charge is -2.26. The van der Waals surface area contributed by atoms with Crippen molar-refractivity contribution in [3.8, 4) is 0 Å². The van der Waals surface area contributed by atoms with Crippen LogP contribution < -0.4 is 10.6 Å². The van der Waals surface area contributed by atoms with E-state index in [0.29, 0.717) is 24.6 Å². The van der Waals surface area contributed by atoms with Crippen LogP contribution in [0.25, 0.3) is 0 Å². The van der Waals surface area contributed by atoms with Gasteiger partial charge in [-0.15, -0.1) is 0 Å². The van der Waals surface area contributed by atoms with Gasteiger partial charge in [-0.25, -0.2) is 9.78 Å². The molecule has 1 aliphatic heterocycles. The first-order valence-corrected chi connectivity index (χ1v) is 9.64. The second kappa shape index (κ2) is 7.08. The van der Waals surface area contributed by atoms with Gasteiger partial charge >= 0.3 is 12.2 Å². The predicted octanol–water partition coefficient (Wildman–Crippen LogP) is 4.10. The number of thiazole rings is 1. The maximum atomic E-state index is 12.8. The average Bonchev–Trinajstić information content (AvgIpc) is 3.41. The summed E-state index contributed by atoms with van der Waals surface area (Å²) in [5.41, 5.74) is 0.122. The molecule has 0 radical (unpaired) electrons. The van der Waals surface area contributed by atoms with E-state index in [0.717, 1.165) is 35.5 Å². The van der Waals surface area contributed by atoms with Crippen molar-refractivity contribution in [2.45, 2.75) is 32.0 Å². The highest BCUT2D eigenvalue weighted by Crippen LogP contribution is 2.33. The molecule has 1 aliphatic carbocycles. The Balaban J connectivity index is 1.40. The molecule has 148 valence electrons. The zero-order chi connectivity index (χ0) is 19.9. The number of hydrogen-bond acceptors (Lipinski definition) is 4. The van der Waals surface area contributed by atoms with Gasteiger partial charge in [0.05, 0.1) is 17.8 Å². The second-order valence-corrected chi connectivity index (χ2v) is 7.92. The molecule has 10 heteroatoms. The van der Waals surface area contributed by atoms with E-state index in [1.165, 1.54) is 28.4 Å². The molecule has 6 nitrogen and oxygen atoms in total. The number of anilines is 2. The zero-order valence-corrected chi connectivity index (χ0v) is 15.5. The van der Waals surface area contributed by atoms with Crippen molar-refractivity contribution in [2.24, 2.45) is 5.92 Å². The molecule has 28 heavy (non-hydrogen) atoms. The molecule has 2 heterocycles. The van der Waals surface area contributed by atoms with Crippen molar-refractivity contribution in [1.29, 1.82) is 0 Å². The van der Waals surface area contributed by atoms with Crippen LogP contribution in [0, 0.1) is 5.92 Å². The second-order valence-electron chi connectivity index (χ2n) is 6.83. The Morgan fingerprint density at radius 2 is 2.00 bits per heavy atom. The minimum atomic E-state index is -4.47. The lowest BCUT2D eigenvalue weighted by atomic mass is 10.2. The van der Waals surface area contributed by atoms with Crippen molar-refractivity contribution in [1.82, 2.24) is 9.88 Å². The number of aromatic nitrogens is 1. The predicted molar refractivity (Wildman–Crippen MR) is 98.0 cm³/mol. The van der Waals surface area contributed by atoms with E-state index >= 15 is 0 Å². The summed E-state index contributed by atoms with van der Waals surface area (Å²) in [6.07, 6.45) is -2.13. The summed E-state index contributed by atoms with van der Waals surface area (Å²) in [4.78, 5) is 31.1. The highest BCUT2D eigenvalue weighted by Gasteiger charge is 2.32. The quantitative estimate of drug-likeness (QED) is 0.800. The van der Waals surface area contributed by atoms with Gasteiger partial charge in [-0.05, 0) is 31.0 Å². The maximum Gasteiger partial charge on any atom is 0.416 e. The van der Waals surface area contributed by atoms with E-state index in [9.17, 15) is 22.8 Å². The van der Waals surface area contributed by atoms with Crippen LogP contribution in [0.1, 0.15) is 29.0 Å². The lowest BCUT2D eigenvalue weighted by Crippen LogP contribution is -2.38. The van der Waals surface area contributed by atoms with Crippen molar-refractivity contribution in [3.63, 3.8) is 0 Å². The normalized spacial score (nSPS) is 16.5. The van der Waals surface area contributed by atoms with E-state index < -0.39 is 17.8 Å². The number of carbonyl (C=O) groups excluding carboxylic acids is 2. The van der Waals surface area contributed by atoms with Crippen molar-refractivity contribution in [2.75, 3.05) is 17.2 Å². The van der Waals surface area contributed by atoms with Crippen molar-refractivity contribution in [3.05, 3.63) is 40.4 Å². The monoisotopic (exact) mass is 410 g/mol. The van der Waals surface area contributed by atoms with Crippen molar-refractivity contribution >= 4 is 34.1 Å². The number of amides is 3. The highest BCUT2D eigenvalue weighted by molar-refractivity contribution is 7.15. The van der Waals surface area contributed by atoms with Crippen LogP contribution >= 0.6 is 11.3 Å². The number of nitrogens with one attached hydrogen (secondary N) is 2. The number of hydrogen-bond donors (Lipinski definition) is 2. The highest BCUT2D eigenvalue weighted by atomic mass is 32.1. The zero-order valence-electron chi connectivity index (χ0n) is 14.7. The van der Waals surface area contributed by atoms with E-state index in [2.05, 4.69) is 15.6 Å². The van der Waals surface area contributed by atoms with Crippen LogP contribution in [0.15, 0.2) is 24.3 Å². The average molecular weight is 410 g/mol. The third kappa shape index (κ3) is 4.11. The Kier molecular flexibility index (Phi) is 4.74. The molecule has 1 aromatic carbocycles. The number of rotatable bonds is 3. The molecule has 4 rings (SSSR count). The van der Waals surface area contributed by atoms with Crippen LogP contribution in [0.3, 0.4) is 0 Å². The number of benzene rings is 1. The van der Waals surface area contributed by atoms with Crippen molar-refractivity contribution < 1.29 is 22.8 Å². The molecule has 2 aromatic rings. The molecule has 3 amide bonds. The largest absolute Gasteiger partial charge is 0.416 e. The number of alkyl halides is 3. The van der Waals surface area contributed by atoms with Crippen LogP contribution in [0.5, 0.6) is 0 Å². The molecular weight excluding hydrogens is 393 g/mol. The molecule has 1 saturated carbocycles. The molecule has 2 N–H and O–H groups in total. The smallest absolute Gasteiger partial charge is 0.319 e. The van der Waals surface area contributed by atoms with E-state index in [1.54, 1.807) is 0 Å². The van der Waals surface area contributed by atoms with E-state index in [-0.39, 0.29) is 17.5 Å². The van der Waals surface area contributed by atoms with Gasteiger partial charge in [-0.2, -0.15) is 13.2 Å². The minimum Gasteiger partial charge on any atom is -0.319 e. The SMILES string of the molecule is O=C(Nc1nc2c(s1)CN(C(=O)Nc1cccc(C(F)(F)F)c1)CC2)C1CC1. The first-order chi connectivity index (χ1) is 13.3. The Labute approximate surface area is 162 Å². The summed E-state index contributed by atoms with van der Waals surface area (Å²) < 4.78 is 38.4. The maximum absolute atomic E-state index is 12.8. The molecular formula is C18H17F3N4O2S. The van der Waals surface area contributed by atoms with Gasteiger partial charge < -0.3 is 15.5 Å². The Bertz CT molecular complexity index is 924. The van der Waals surface area contributed by atoms with Crippen LogP contribution in [-0.4, -0.2) is 28.4 Å². The topological polar surface area (TPSA) is 74.3 Å². The molecule has 0 unspecified atom stereocenters. The fourth-order valence-corrected chi connectivity index (χ4v) is 3.98. The van der Waals surface area contributed by atoms with Gasteiger partial charge in [0.2, 0.25) is 5.91 Å². The Morgan fingerprint density at radius 3 is 2.71 bits per heavy atom. The van der Waals surface area contributed by atoms with Crippen LogP contribution in [0.2, 0.25) is 0 Å². The van der Waals surface area contributed by atoms with Gasteiger partial charge in [0.1, 0.15) is 0 Å². The molecule has 0 spiro atoms. The minimum absolute atomic E-state index is 0.0229. The molecule has 0 bridgehead atoms. The van der Waals surface area contributed by atoms with E-state index in [1.807, 2.05) is 0 Å². The summed E-state index contributed by atoms with van der Waals surface area (Å²) in [6.45, 7) is 0.703. The van der Waals surface area contributed by atoms with E-state index in [4.69, 9.17) is 0 Å². The summed E-state index contributed by atoms with van der Waals surface area (Å²) in [7, 11) is 0. The molecule has 0 saturated heterocycles. The van der Waals surface area contributed by atoms with Crippen LogP contribution in [0.4, 0.5) is 28.8 Å². The number of halogens is 3. The fourth-order valence-electron chi connectivity index (χ4n) is 2.95. The van der Waals surface area contributed by atoms with Gasteiger partial charge in [-0.3, -0.25) is 4.79 Å². The standard InChI is InChI=1S/C18H17F3N4O2S/c19-18(20,21)11-2-1-3-12(8-11)22-17(27)25-7-6-13-14(9-25)28-16(23-13)24-15(26)10-4-5-10/h1-3,8,10H,4-7,9H2,(H,22,27)(H,23,24,26). The third-order valence-corrected chi connectivity index (χ3v) is 5.64. The van der Waals surface area contributed by atoms with Gasteiger partial charge in [0, 0.05) is 29.4 Å². The number of nitrogens with zero attached hydrogens (tertiary/aromatic N) is 2. The number of urea groups is 1. The first kappa shape index (κ1) is 18.7. The Morgan fingerprint density at radius 1 is 1.21 bits per heavy atom. The molecule has 2 aliphatic rings. The number of carbonyl (C=O) groups is 2. The first-order valence-electron chi connectivity index (χ1n) is 8.82. The van der Waals surface area contributed by atoms with Gasteiger partial charge in [0.15, 0.2) is 5.13 Å². The van der Waals surface area contributed by atoms with Gasteiger partial charge in [0.25, 0.3) is 0 Å².